The molecule has 0 amide bonds. The fourth-order valence-corrected chi connectivity index (χ4v) is 5.20. The zero-order valence-corrected chi connectivity index (χ0v) is 14.3. The van der Waals surface area contributed by atoms with Crippen LogP contribution in [-0.2, 0) is 24.6 Å². The largest absolute Gasteiger partial charge is 0.380 e. The molecular formula is C14H21NO5S2. The van der Waals surface area contributed by atoms with Gasteiger partial charge in [0.1, 0.15) is 0 Å². The molecule has 0 bridgehead atoms. The number of benzene rings is 1. The SMILES string of the molecule is CCC(CS(=O)(=O)Nc1ccc(S(=O)(=O)C2CC2)cc1)OC. The van der Waals surface area contributed by atoms with E-state index in [9.17, 15) is 16.8 Å². The minimum absolute atomic E-state index is 0.137. The lowest BCUT2D eigenvalue weighted by Gasteiger charge is -2.14. The van der Waals surface area contributed by atoms with Crippen molar-refractivity contribution in [1.29, 1.82) is 0 Å². The second-order valence-electron chi connectivity index (χ2n) is 5.42. The highest BCUT2D eigenvalue weighted by molar-refractivity contribution is 7.92. The van der Waals surface area contributed by atoms with Gasteiger partial charge in [-0.3, -0.25) is 4.72 Å². The summed E-state index contributed by atoms with van der Waals surface area (Å²) in [5.41, 5.74) is 0.348. The van der Waals surface area contributed by atoms with Gasteiger partial charge >= 0.3 is 0 Å². The van der Waals surface area contributed by atoms with Gasteiger partial charge in [0.25, 0.3) is 0 Å². The standard InChI is InChI=1S/C14H21NO5S2/c1-3-12(20-2)10-21(16,17)15-11-4-6-13(7-5-11)22(18,19)14-8-9-14/h4-7,12,14-15H,3,8-10H2,1-2H3. The zero-order valence-electron chi connectivity index (χ0n) is 12.7. The summed E-state index contributed by atoms with van der Waals surface area (Å²) >= 11 is 0. The molecule has 6 nitrogen and oxygen atoms in total. The molecule has 8 heteroatoms. The molecule has 0 saturated heterocycles. The maximum Gasteiger partial charge on any atom is 0.235 e. The maximum absolute atomic E-state index is 12.1. The molecule has 22 heavy (non-hydrogen) atoms. The zero-order chi connectivity index (χ0) is 16.4. The van der Waals surface area contributed by atoms with Crippen molar-refractivity contribution in [3.05, 3.63) is 24.3 Å². The fourth-order valence-electron chi connectivity index (χ4n) is 2.10. The lowest BCUT2D eigenvalue weighted by Crippen LogP contribution is -2.27. The first-order valence-corrected chi connectivity index (χ1v) is 10.4. The van der Waals surface area contributed by atoms with Crippen LogP contribution in [0.3, 0.4) is 0 Å². The van der Waals surface area contributed by atoms with Crippen molar-refractivity contribution < 1.29 is 21.6 Å². The Morgan fingerprint density at radius 2 is 1.77 bits per heavy atom. The van der Waals surface area contributed by atoms with Crippen LogP contribution in [0.4, 0.5) is 5.69 Å². The number of rotatable bonds is 8. The number of sulfonamides is 1. The Bertz CT molecular complexity index is 702. The first-order valence-electron chi connectivity index (χ1n) is 7.15. The van der Waals surface area contributed by atoms with Crippen LogP contribution in [0.1, 0.15) is 26.2 Å². The summed E-state index contributed by atoms with van der Waals surface area (Å²) < 4.78 is 55.7. The second-order valence-corrected chi connectivity index (χ2v) is 9.41. The van der Waals surface area contributed by atoms with E-state index in [1.165, 1.54) is 31.4 Å². The third-order valence-corrected chi connectivity index (χ3v) is 7.25. The van der Waals surface area contributed by atoms with Crippen LogP contribution in [0, 0.1) is 0 Å². The second kappa shape index (κ2) is 6.55. The minimum Gasteiger partial charge on any atom is -0.380 e. The summed E-state index contributed by atoms with van der Waals surface area (Å²) in [6, 6.07) is 5.83. The van der Waals surface area contributed by atoms with E-state index in [0.29, 0.717) is 24.9 Å². The van der Waals surface area contributed by atoms with Crippen molar-refractivity contribution in [2.24, 2.45) is 0 Å². The van der Waals surface area contributed by atoms with Gasteiger partial charge in [-0.25, -0.2) is 16.8 Å². The molecule has 124 valence electrons. The number of sulfone groups is 1. The molecule has 1 aromatic carbocycles. The Morgan fingerprint density at radius 3 is 2.23 bits per heavy atom. The van der Waals surface area contributed by atoms with Crippen LogP contribution >= 0.6 is 0 Å². The van der Waals surface area contributed by atoms with Crippen molar-refractivity contribution in [1.82, 2.24) is 0 Å². The molecule has 1 N–H and O–H groups in total. The summed E-state index contributed by atoms with van der Waals surface area (Å²) in [7, 11) is -5.31. The average molecular weight is 347 g/mol. The van der Waals surface area contributed by atoms with Gasteiger partial charge in [0.15, 0.2) is 9.84 Å². The molecule has 1 aliphatic carbocycles. The molecular weight excluding hydrogens is 326 g/mol. The molecule has 0 heterocycles. The minimum atomic E-state index is -3.53. The van der Waals surface area contributed by atoms with Gasteiger partial charge < -0.3 is 4.74 Å². The van der Waals surface area contributed by atoms with Crippen molar-refractivity contribution in [3.8, 4) is 0 Å². The van der Waals surface area contributed by atoms with Crippen LogP contribution < -0.4 is 4.72 Å². The Balaban J connectivity index is 2.08. The van der Waals surface area contributed by atoms with Gasteiger partial charge in [-0.2, -0.15) is 0 Å². The number of nitrogens with one attached hydrogen (secondary N) is 1. The van der Waals surface area contributed by atoms with E-state index in [1.807, 2.05) is 6.92 Å². The van der Waals surface area contributed by atoms with E-state index in [-0.39, 0.29) is 22.0 Å². The van der Waals surface area contributed by atoms with Crippen LogP contribution in [-0.4, -0.2) is 41.1 Å². The molecule has 2 rings (SSSR count). The molecule has 1 aliphatic rings. The lowest BCUT2D eigenvalue weighted by molar-refractivity contribution is 0.117. The molecule has 0 aliphatic heterocycles. The highest BCUT2D eigenvalue weighted by atomic mass is 32.2. The van der Waals surface area contributed by atoms with Crippen LogP contribution in [0.2, 0.25) is 0 Å². The molecule has 0 aromatic heterocycles. The summed E-state index contributed by atoms with van der Waals surface area (Å²) in [6.45, 7) is 1.85. The highest BCUT2D eigenvalue weighted by Gasteiger charge is 2.36. The van der Waals surface area contributed by atoms with E-state index in [1.54, 1.807) is 0 Å². The molecule has 1 aromatic rings. The van der Waals surface area contributed by atoms with Crippen LogP contribution in [0.15, 0.2) is 29.2 Å². The first-order chi connectivity index (χ1) is 10.3. The van der Waals surface area contributed by atoms with E-state index in [2.05, 4.69) is 4.72 Å². The number of hydrogen-bond donors (Lipinski definition) is 1. The van der Waals surface area contributed by atoms with E-state index in [4.69, 9.17) is 4.74 Å². The van der Waals surface area contributed by atoms with Gasteiger partial charge in [-0.15, -0.1) is 0 Å². The number of methoxy groups -OCH3 is 1. The summed E-state index contributed by atoms with van der Waals surface area (Å²) in [5.74, 6) is -0.137. The van der Waals surface area contributed by atoms with Crippen molar-refractivity contribution >= 4 is 25.5 Å². The third kappa shape index (κ3) is 4.21. The predicted molar refractivity (Wildman–Crippen MR) is 85.1 cm³/mol. The van der Waals surface area contributed by atoms with E-state index >= 15 is 0 Å². The van der Waals surface area contributed by atoms with E-state index in [0.717, 1.165) is 0 Å². The first kappa shape index (κ1) is 17.2. The number of ether oxygens (including phenoxy) is 1. The van der Waals surface area contributed by atoms with Gasteiger partial charge in [0, 0.05) is 12.8 Å². The lowest BCUT2D eigenvalue weighted by atomic mass is 10.3. The van der Waals surface area contributed by atoms with Crippen molar-refractivity contribution in [2.45, 2.75) is 42.4 Å². The Hall–Kier alpha value is -1.12. The van der Waals surface area contributed by atoms with Crippen LogP contribution in [0.5, 0.6) is 0 Å². The van der Waals surface area contributed by atoms with E-state index < -0.39 is 19.9 Å². The van der Waals surface area contributed by atoms with Crippen molar-refractivity contribution in [2.75, 3.05) is 17.6 Å². The molecule has 1 atom stereocenters. The molecule has 1 unspecified atom stereocenters. The smallest absolute Gasteiger partial charge is 0.235 e. The quantitative estimate of drug-likeness (QED) is 0.774. The number of anilines is 1. The molecule has 1 saturated carbocycles. The summed E-state index contributed by atoms with van der Waals surface area (Å²) in [5, 5.41) is -0.276. The normalized spacial score (nSPS) is 17.2. The third-order valence-electron chi connectivity index (χ3n) is 3.61. The van der Waals surface area contributed by atoms with Crippen LogP contribution in [0.25, 0.3) is 0 Å². The number of hydrogen-bond acceptors (Lipinski definition) is 5. The summed E-state index contributed by atoms with van der Waals surface area (Å²) in [6.07, 6.45) is 1.63. The average Bonchev–Trinajstić information content (AvgIpc) is 3.30. The summed E-state index contributed by atoms with van der Waals surface area (Å²) in [4.78, 5) is 0.237. The van der Waals surface area contributed by atoms with Gasteiger partial charge in [0.2, 0.25) is 10.0 Å². The molecule has 0 spiro atoms. The topological polar surface area (TPSA) is 89.5 Å². The Morgan fingerprint density at radius 1 is 1.18 bits per heavy atom. The molecule has 1 fully saturated rings. The molecule has 0 radical (unpaired) electrons. The Kier molecular flexibility index (Phi) is 5.14. The van der Waals surface area contributed by atoms with Gasteiger partial charge in [-0.1, -0.05) is 6.92 Å². The predicted octanol–water partition coefficient (Wildman–Crippen LogP) is 1.79. The van der Waals surface area contributed by atoms with Gasteiger partial charge in [0.05, 0.1) is 22.0 Å². The fraction of sp³-hybridized carbons (Fsp3) is 0.571. The van der Waals surface area contributed by atoms with Gasteiger partial charge in [-0.05, 0) is 43.5 Å². The highest BCUT2D eigenvalue weighted by Crippen LogP contribution is 2.33. The van der Waals surface area contributed by atoms with Crippen molar-refractivity contribution in [3.63, 3.8) is 0 Å². The monoisotopic (exact) mass is 347 g/mol. The maximum atomic E-state index is 12.1. The Labute approximate surface area is 131 Å².